The van der Waals surface area contributed by atoms with Gasteiger partial charge in [-0.25, -0.2) is 9.59 Å². The van der Waals surface area contributed by atoms with Crippen LogP contribution in [0.15, 0.2) is 60.7 Å². The zero-order valence-electron chi connectivity index (χ0n) is 16.3. The molecular formula is C24H18O6. The number of esters is 2. The van der Waals surface area contributed by atoms with Crippen molar-refractivity contribution >= 4 is 33.5 Å². The largest absolute Gasteiger partial charge is 0.507 e. The lowest BCUT2D eigenvalue weighted by Gasteiger charge is -2.19. The van der Waals surface area contributed by atoms with E-state index in [1.165, 1.54) is 26.4 Å². The summed E-state index contributed by atoms with van der Waals surface area (Å²) in [6.07, 6.45) is 0. The van der Waals surface area contributed by atoms with E-state index in [1.807, 2.05) is 0 Å². The Labute approximate surface area is 171 Å². The topological polar surface area (TPSA) is 93.1 Å². The molecule has 0 bridgehead atoms. The van der Waals surface area contributed by atoms with E-state index in [0.717, 1.165) is 0 Å². The minimum Gasteiger partial charge on any atom is -0.507 e. The average Bonchev–Trinajstić information content (AvgIpc) is 2.76. The van der Waals surface area contributed by atoms with Gasteiger partial charge in [-0.2, -0.15) is 0 Å². The molecule has 30 heavy (non-hydrogen) atoms. The molecule has 0 amide bonds. The highest BCUT2D eigenvalue weighted by Gasteiger charge is 2.28. The Hall–Kier alpha value is -4.06. The SMILES string of the molecule is COC(=O)c1c(O)cc2ccccc2c1-c1c(C(=O)OC)c(O)cc2ccccc12. The highest BCUT2D eigenvalue weighted by Crippen LogP contribution is 2.45. The van der Waals surface area contributed by atoms with E-state index in [2.05, 4.69) is 0 Å². The van der Waals surface area contributed by atoms with Crippen LogP contribution in [0.3, 0.4) is 0 Å². The summed E-state index contributed by atoms with van der Waals surface area (Å²) in [6, 6.07) is 17.2. The van der Waals surface area contributed by atoms with Gasteiger partial charge in [-0.05, 0) is 33.7 Å². The van der Waals surface area contributed by atoms with Gasteiger partial charge in [-0.1, -0.05) is 48.5 Å². The monoisotopic (exact) mass is 402 g/mol. The third-order valence-electron chi connectivity index (χ3n) is 5.09. The predicted molar refractivity (Wildman–Crippen MR) is 113 cm³/mol. The van der Waals surface area contributed by atoms with Crippen molar-refractivity contribution in [2.24, 2.45) is 0 Å². The molecule has 4 rings (SSSR count). The van der Waals surface area contributed by atoms with E-state index in [-0.39, 0.29) is 33.8 Å². The molecule has 6 nitrogen and oxygen atoms in total. The molecule has 0 unspecified atom stereocenters. The van der Waals surface area contributed by atoms with E-state index in [0.29, 0.717) is 21.5 Å². The van der Waals surface area contributed by atoms with Crippen molar-refractivity contribution in [2.45, 2.75) is 0 Å². The highest BCUT2D eigenvalue weighted by molar-refractivity contribution is 6.19. The van der Waals surface area contributed by atoms with Crippen LogP contribution in [-0.4, -0.2) is 36.4 Å². The molecule has 0 radical (unpaired) electrons. The molecular weight excluding hydrogens is 384 g/mol. The van der Waals surface area contributed by atoms with Gasteiger partial charge in [0.2, 0.25) is 0 Å². The second-order valence-electron chi connectivity index (χ2n) is 6.72. The van der Waals surface area contributed by atoms with E-state index < -0.39 is 11.9 Å². The van der Waals surface area contributed by atoms with Gasteiger partial charge < -0.3 is 19.7 Å². The second-order valence-corrected chi connectivity index (χ2v) is 6.72. The lowest BCUT2D eigenvalue weighted by atomic mass is 9.86. The number of carbonyl (C=O) groups is 2. The second kappa shape index (κ2) is 7.40. The van der Waals surface area contributed by atoms with Crippen LogP contribution >= 0.6 is 0 Å². The molecule has 0 atom stereocenters. The van der Waals surface area contributed by atoms with Crippen LogP contribution in [0.1, 0.15) is 20.7 Å². The fraction of sp³-hybridized carbons (Fsp3) is 0.0833. The van der Waals surface area contributed by atoms with Gasteiger partial charge in [-0.15, -0.1) is 0 Å². The first-order chi connectivity index (χ1) is 14.5. The summed E-state index contributed by atoms with van der Waals surface area (Å²) in [5, 5.41) is 23.9. The first-order valence-electron chi connectivity index (χ1n) is 9.14. The molecule has 0 aliphatic carbocycles. The zero-order chi connectivity index (χ0) is 21.4. The van der Waals surface area contributed by atoms with E-state index in [1.54, 1.807) is 48.5 Å². The number of phenolic OH excluding ortho intramolecular Hbond substituents is 2. The van der Waals surface area contributed by atoms with Crippen LogP contribution in [0.2, 0.25) is 0 Å². The van der Waals surface area contributed by atoms with Gasteiger partial charge in [0.1, 0.15) is 22.6 Å². The number of methoxy groups -OCH3 is 2. The number of fused-ring (bicyclic) bond motifs is 2. The van der Waals surface area contributed by atoms with Gasteiger partial charge in [-0.3, -0.25) is 0 Å². The van der Waals surface area contributed by atoms with Crippen LogP contribution in [-0.2, 0) is 9.47 Å². The fourth-order valence-corrected chi connectivity index (χ4v) is 3.80. The highest BCUT2D eigenvalue weighted by atomic mass is 16.5. The summed E-state index contributed by atoms with van der Waals surface area (Å²) in [7, 11) is 2.42. The molecule has 2 N–H and O–H groups in total. The lowest BCUT2D eigenvalue weighted by molar-refractivity contribution is 0.0586. The van der Waals surface area contributed by atoms with Crippen LogP contribution in [0.25, 0.3) is 32.7 Å². The Morgan fingerprint density at radius 1 is 0.667 bits per heavy atom. The number of phenols is 2. The number of aromatic hydroxyl groups is 2. The molecule has 4 aromatic carbocycles. The predicted octanol–water partition coefficient (Wildman–Crippen LogP) is 4.64. The van der Waals surface area contributed by atoms with Crippen molar-refractivity contribution in [3.05, 3.63) is 71.8 Å². The molecule has 0 saturated carbocycles. The number of rotatable bonds is 3. The van der Waals surface area contributed by atoms with Gasteiger partial charge >= 0.3 is 11.9 Å². The molecule has 150 valence electrons. The number of hydrogen-bond donors (Lipinski definition) is 2. The quantitative estimate of drug-likeness (QED) is 0.485. The molecule has 0 fully saturated rings. The molecule has 0 saturated heterocycles. The van der Waals surface area contributed by atoms with Crippen molar-refractivity contribution in [3.8, 4) is 22.6 Å². The average molecular weight is 402 g/mol. The third kappa shape index (κ3) is 2.90. The minimum atomic E-state index is -0.767. The van der Waals surface area contributed by atoms with Crippen LogP contribution in [0.5, 0.6) is 11.5 Å². The normalized spacial score (nSPS) is 10.9. The maximum Gasteiger partial charge on any atom is 0.342 e. The fourth-order valence-electron chi connectivity index (χ4n) is 3.80. The van der Waals surface area contributed by atoms with E-state index in [4.69, 9.17) is 9.47 Å². The number of carbonyl (C=O) groups excluding carboxylic acids is 2. The number of hydrogen-bond acceptors (Lipinski definition) is 6. The van der Waals surface area contributed by atoms with Crippen LogP contribution in [0, 0.1) is 0 Å². The molecule has 0 aliphatic rings. The third-order valence-corrected chi connectivity index (χ3v) is 5.09. The van der Waals surface area contributed by atoms with Gasteiger partial charge in [0, 0.05) is 11.1 Å². The van der Waals surface area contributed by atoms with Crippen molar-refractivity contribution in [3.63, 3.8) is 0 Å². The molecule has 6 heteroatoms. The first-order valence-corrected chi connectivity index (χ1v) is 9.14. The maximum absolute atomic E-state index is 12.7. The summed E-state index contributed by atoms with van der Waals surface area (Å²) in [6.45, 7) is 0. The Kier molecular flexibility index (Phi) is 4.75. The van der Waals surface area contributed by atoms with Crippen LogP contribution in [0.4, 0.5) is 0 Å². The number of benzene rings is 4. The van der Waals surface area contributed by atoms with Gasteiger partial charge in [0.05, 0.1) is 14.2 Å². The molecule has 0 aliphatic heterocycles. The zero-order valence-corrected chi connectivity index (χ0v) is 16.3. The summed E-state index contributed by atoms with van der Waals surface area (Å²) in [4.78, 5) is 25.4. The minimum absolute atomic E-state index is 0.0999. The maximum atomic E-state index is 12.7. The van der Waals surface area contributed by atoms with E-state index in [9.17, 15) is 19.8 Å². The summed E-state index contributed by atoms with van der Waals surface area (Å²) in [5.41, 5.74) is 0.365. The Morgan fingerprint density at radius 2 is 1.03 bits per heavy atom. The summed E-state index contributed by atoms with van der Waals surface area (Å²) < 4.78 is 9.84. The first kappa shape index (κ1) is 19.3. The molecule has 4 aromatic rings. The Bertz CT molecular complexity index is 1220. The number of ether oxygens (including phenoxy) is 2. The molecule has 0 aromatic heterocycles. The van der Waals surface area contributed by atoms with Crippen molar-refractivity contribution < 1.29 is 29.3 Å². The van der Waals surface area contributed by atoms with Gasteiger partial charge in [0.15, 0.2) is 0 Å². The Balaban J connectivity index is 2.32. The van der Waals surface area contributed by atoms with Crippen molar-refractivity contribution in [1.29, 1.82) is 0 Å². The van der Waals surface area contributed by atoms with Crippen molar-refractivity contribution in [2.75, 3.05) is 14.2 Å². The van der Waals surface area contributed by atoms with Crippen molar-refractivity contribution in [1.82, 2.24) is 0 Å². The smallest absolute Gasteiger partial charge is 0.342 e. The standard InChI is InChI=1S/C24H18O6/c1-29-23(27)21-17(25)11-13-7-3-5-9-15(13)19(21)20-16-10-6-4-8-14(16)12-18(26)22(20)24(28)30-2/h3-12,25-26H,1-2H3. The molecule has 0 heterocycles. The molecule has 0 spiro atoms. The van der Waals surface area contributed by atoms with Gasteiger partial charge in [0.25, 0.3) is 0 Å². The Morgan fingerprint density at radius 3 is 1.40 bits per heavy atom. The summed E-state index contributed by atoms with van der Waals surface area (Å²) in [5.74, 6) is -2.12. The van der Waals surface area contributed by atoms with Crippen LogP contribution < -0.4 is 0 Å². The summed E-state index contributed by atoms with van der Waals surface area (Å²) >= 11 is 0. The van der Waals surface area contributed by atoms with E-state index >= 15 is 0 Å². The lowest BCUT2D eigenvalue weighted by Crippen LogP contribution is -2.09.